The van der Waals surface area contributed by atoms with Crippen molar-refractivity contribution < 1.29 is 24.2 Å². The lowest BCUT2D eigenvalue weighted by atomic mass is 9.32. The first-order valence-electron chi connectivity index (χ1n) is 20.6. The van der Waals surface area contributed by atoms with Crippen LogP contribution in [-0.2, 0) is 20.7 Å². The van der Waals surface area contributed by atoms with Crippen LogP contribution >= 0.6 is 0 Å². The third kappa shape index (κ3) is 5.55. The fourth-order valence-corrected chi connectivity index (χ4v) is 14.1. The van der Waals surface area contributed by atoms with Gasteiger partial charge in [-0.3, -0.25) is 14.4 Å². The van der Waals surface area contributed by atoms with Crippen LogP contribution in [0.1, 0.15) is 135 Å². The van der Waals surface area contributed by atoms with Gasteiger partial charge >= 0.3 is 5.97 Å². The van der Waals surface area contributed by atoms with E-state index < -0.39 is 5.41 Å². The Hall–Kier alpha value is -2.67. The summed E-state index contributed by atoms with van der Waals surface area (Å²) in [6.45, 7) is 20.0. The number of amides is 2. The molecule has 3 N–H and O–H groups in total. The van der Waals surface area contributed by atoms with E-state index in [1.807, 2.05) is 18.2 Å². The molecule has 7 heteroatoms. The Labute approximate surface area is 312 Å². The number of benzene rings is 1. The highest BCUT2D eigenvalue weighted by Gasteiger charge is 2.71. The molecule has 6 fully saturated rings. The molecular formula is C45H66N2O5. The first-order chi connectivity index (χ1) is 24.5. The van der Waals surface area contributed by atoms with Crippen molar-refractivity contribution in [3.63, 3.8) is 0 Å². The molecular weight excluding hydrogens is 649 g/mol. The molecule has 4 unspecified atom stereocenters. The van der Waals surface area contributed by atoms with Crippen molar-refractivity contribution in [3.8, 4) is 0 Å². The standard InChI is InChI=1S/C45H66N2O5/c1-28(2)31-14-20-45(38(50)46-25-17-29-10-9-11-30(26-29)37(49)47-27-44(22-23-44)39(51)52-8)24-21-42(6)32(36(31)45)12-13-34-41(5)18-16-35(48)40(3,4)33(41)15-19-43(34,42)7/h9-11,26,31-36,48H,1,12-25,27H2,2-8H3,(H,46,50)(H,47,49)/t31-,32?,33?,34?,35-,36?,41-,42+,43+,45-/m0/s1. The summed E-state index contributed by atoms with van der Waals surface area (Å²) >= 11 is 0. The minimum Gasteiger partial charge on any atom is -0.469 e. The zero-order chi connectivity index (χ0) is 37.5. The highest BCUT2D eigenvalue weighted by atomic mass is 16.5. The van der Waals surface area contributed by atoms with Crippen LogP contribution in [-0.4, -0.2) is 49.2 Å². The van der Waals surface area contributed by atoms with E-state index in [1.165, 1.54) is 38.4 Å². The van der Waals surface area contributed by atoms with Crippen LogP contribution in [0.15, 0.2) is 36.4 Å². The van der Waals surface area contributed by atoms with E-state index in [0.29, 0.717) is 48.1 Å². The van der Waals surface area contributed by atoms with Crippen LogP contribution in [0.3, 0.4) is 0 Å². The molecule has 0 aliphatic heterocycles. The number of rotatable bonds is 9. The summed E-state index contributed by atoms with van der Waals surface area (Å²) in [5.41, 5.74) is 2.42. The first kappa shape index (κ1) is 37.6. The Morgan fingerprint density at radius 3 is 2.31 bits per heavy atom. The number of esters is 1. The highest BCUT2D eigenvalue weighted by molar-refractivity contribution is 5.95. The van der Waals surface area contributed by atoms with Gasteiger partial charge in [0.1, 0.15) is 0 Å². The number of allylic oxidation sites excluding steroid dienone is 1. The van der Waals surface area contributed by atoms with E-state index in [0.717, 1.165) is 56.9 Å². The summed E-state index contributed by atoms with van der Waals surface area (Å²) in [7, 11) is 1.39. The fourth-order valence-electron chi connectivity index (χ4n) is 14.1. The third-order valence-corrected chi connectivity index (χ3v) is 17.4. The molecule has 1 aromatic carbocycles. The molecule has 0 aromatic heterocycles. The number of carbonyl (C=O) groups excluding carboxylic acids is 3. The Kier molecular flexibility index (Phi) is 9.39. The maximum absolute atomic E-state index is 14.6. The third-order valence-electron chi connectivity index (χ3n) is 17.4. The van der Waals surface area contributed by atoms with Gasteiger partial charge in [0.15, 0.2) is 0 Å². The number of hydrogen-bond acceptors (Lipinski definition) is 5. The molecule has 0 heterocycles. The summed E-state index contributed by atoms with van der Waals surface area (Å²) in [6, 6.07) is 7.61. The molecule has 6 aliphatic rings. The van der Waals surface area contributed by atoms with E-state index in [1.54, 1.807) is 6.07 Å². The number of aliphatic hydroxyl groups is 1. The van der Waals surface area contributed by atoms with Crippen molar-refractivity contribution in [1.82, 2.24) is 10.6 Å². The maximum atomic E-state index is 14.6. The van der Waals surface area contributed by atoms with Gasteiger partial charge in [-0.1, -0.05) is 58.9 Å². The Morgan fingerprint density at radius 2 is 1.62 bits per heavy atom. The second-order valence-corrected chi connectivity index (χ2v) is 19.9. The molecule has 0 radical (unpaired) electrons. The second-order valence-electron chi connectivity index (χ2n) is 19.9. The van der Waals surface area contributed by atoms with Crippen molar-refractivity contribution in [2.75, 3.05) is 20.2 Å². The summed E-state index contributed by atoms with van der Waals surface area (Å²) in [5, 5.41) is 17.5. The van der Waals surface area contributed by atoms with Gasteiger partial charge in [-0.25, -0.2) is 0 Å². The lowest BCUT2D eigenvalue weighted by molar-refractivity contribution is -0.246. The van der Waals surface area contributed by atoms with Gasteiger partial charge in [0.2, 0.25) is 5.91 Å². The van der Waals surface area contributed by atoms with Gasteiger partial charge < -0.3 is 20.5 Å². The average Bonchev–Trinajstić information content (AvgIpc) is 3.80. The van der Waals surface area contributed by atoms with Crippen molar-refractivity contribution in [2.24, 2.45) is 62.1 Å². The molecule has 10 atom stereocenters. The van der Waals surface area contributed by atoms with E-state index in [9.17, 15) is 19.5 Å². The lowest BCUT2D eigenvalue weighted by Gasteiger charge is -2.72. The molecule has 7 rings (SSSR count). The van der Waals surface area contributed by atoms with E-state index >= 15 is 0 Å². The zero-order valence-corrected chi connectivity index (χ0v) is 33.2. The Balaban J connectivity index is 1.06. The van der Waals surface area contributed by atoms with Crippen LogP contribution in [0.25, 0.3) is 0 Å². The zero-order valence-electron chi connectivity index (χ0n) is 33.2. The van der Waals surface area contributed by atoms with Crippen LogP contribution in [0.2, 0.25) is 0 Å². The molecule has 0 saturated heterocycles. The Morgan fingerprint density at radius 1 is 0.865 bits per heavy atom. The summed E-state index contributed by atoms with van der Waals surface area (Å²) in [6.07, 6.45) is 12.8. The van der Waals surface area contributed by atoms with Gasteiger partial charge in [0.25, 0.3) is 5.91 Å². The van der Waals surface area contributed by atoms with Gasteiger partial charge in [-0.15, -0.1) is 0 Å². The van der Waals surface area contributed by atoms with Crippen LogP contribution in [0.4, 0.5) is 0 Å². The molecule has 7 nitrogen and oxygen atoms in total. The number of aliphatic hydroxyl groups excluding tert-OH is 1. The lowest BCUT2D eigenvalue weighted by Crippen LogP contribution is -2.67. The maximum Gasteiger partial charge on any atom is 0.313 e. The predicted molar refractivity (Wildman–Crippen MR) is 204 cm³/mol. The average molecular weight is 715 g/mol. The summed E-state index contributed by atoms with van der Waals surface area (Å²) in [5.74, 6) is 2.12. The van der Waals surface area contributed by atoms with Crippen molar-refractivity contribution in [2.45, 2.75) is 131 Å². The molecule has 6 saturated carbocycles. The molecule has 0 spiro atoms. The quantitative estimate of drug-likeness (QED) is 0.178. The summed E-state index contributed by atoms with van der Waals surface area (Å²) < 4.78 is 4.94. The number of nitrogens with one attached hydrogen (secondary N) is 2. The predicted octanol–water partition coefficient (Wildman–Crippen LogP) is 8.05. The summed E-state index contributed by atoms with van der Waals surface area (Å²) in [4.78, 5) is 39.8. The number of methoxy groups -OCH3 is 1. The van der Waals surface area contributed by atoms with Crippen molar-refractivity contribution in [1.29, 1.82) is 0 Å². The molecule has 2 amide bonds. The normalized spacial score (nSPS) is 40.9. The number of ether oxygens (including phenoxy) is 1. The van der Waals surface area contributed by atoms with Crippen LogP contribution in [0, 0.1) is 62.1 Å². The monoisotopic (exact) mass is 714 g/mol. The van der Waals surface area contributed by atoms with Gasteiger partial charge in [-0.05, 0) is 159 Å². The van der Waals surface area contributed by atoms with Crippen molar-refractivity contribution >= 4 is 17.8 Å². The second kappa shape index (κ2) is 13.0. The number of hydrogen-bond donors (Lipinski definition) is 3. The fraction of sp³-hybridized carbons (Fsp3) is 0.756. The molecule has 286 valence electrons. The van der Waals surface area contributed by atoms with Crippen LogP contribution < -0.4 is 10.6 Å². The molecule has 6 aliphatic carbocycles. The molecule has 0 bridgehead atoms. The van der Waals surface area contributed by atoms with Crippen LogP contribution in [0.5, 0.6) is 0 Å². The SMILES string of the molecule is C=C(C)[C@@H]1CC[C@]2(C(=O)NCCc3cccc(C(=O)NCC4(C(=O)OC)CC4)c3)CC[C@]3(C)C(CCC4[C@@]5(C)CC[C@H](O)C(C)(C)C5CC[C@]43C)C12. The first-order valence-corrected chi connectivity index (χ1v) is 20.6. The topological polar surface area (TPSA) is 105 Å². The minimum atomic E-state index is -0.574. The van der Waals surface area contributed by atoms with E-state index in [-0.39, 0.29) is 57.5 Å². The molecule has 52 heavy (non-hydrogen) atoms. The Bertz CT molecular complexity index is 1610. The smallest absolute Gasteiger partial charge is 0.313 e. The molecule has 1 aromatic rings. The van der Waals surface area contributed by atoms with Gasteiger partial charge in [0, 0.05) is 18.7 Å². The van der Waals surface area contributed by atoms with E-state index in [2.05, 4.69) is 58.8 Å². The highest BCUT2D eigenvalue weighted by Crippen LogP contribution is 2.77. The number of carbonyl (C=O) groups is 3. The number of fused-ring (bicyclic) bond motifs is 7. The largest absolute Gasteiger partial charge is 0.469 e. The minimum absolute atomic E-state index is 0.0542. The van der Waals surface area contributed by atoms with Gasteiger partial charge in [0.05, 0.1) is 24.0 Å². The van der Waals surface area contributed by atoms with E-state index in [4.69, 9.17) is 4.74 Å². The van der Waals surface area contributed by atoms with Gasteiger partial charge in [-0.2, -0.15) is 0 Å². The van der Waals surface area contributed by atoms with Crippen molar-refractivity contribution in [3.05, 3.63) is 47.5 Å².